The summed E-state index contributed by atoms with van der Waals surface area (Å²) in [6.07, 6.45) is 15.7. The van der Waals surface area contributed by atoms with Gasteiger partial charge >= 0.3 is 0 Å². The van der Waals surface area contributed by atoms with Crippen LogP contribution in [0.4, 0.5) is 0 Å². The van der Waals surface area contributed by atoms with E-state index in [9.17, 15) is 25.3 Å². The smallest absolute Gasteiger partial charge is 0.170 e. The number of pyridine rings is 3. The van der Waals surface area contributed by atoms with E-state index in [2.05, 4.69) is 75.4 Å². The van der Waals surface area contributed by atoms with Crippen LogP contribution in [0.2, 0.25) is 15.1 Å². The lowest BCUT2D eigenvalue weighted by Gasteiger charge is -2.23. The van der Waals surface area contributed by atoms with Gasteiger partial charge in [0.05, 0.1) is 73.5 Å². The van der Waals surface area contributed by atoms with Gasteiger partial charge in [-0.25, -0.2) is 55.2 Å². The number of para-hydroxylation sites is 3. The molecule has 0 aliphatic carbocycles. The first kappa shape index (κ1) is 96.3. The molecule has 12 rings (SSSR count). The third kappa shape index (κ3) is 22.4. The van der Waals surface area contributed by atoms with Crippen molar-refractivity contribution in [3.05, 3.63) is 214 Å². The molecule has 0 saturated heterocycles. The lowest BCUT2D eigenvalue weighted by Crippen LogP contribution is -2.30. The van der Waals surface area contributed by atoms with Gasteiger partial charge in [-0.15, -0.1) is 30.6 Å². The molecular weight excluding hydrogens is 1670 g/mol. The second-order valence-corrected chi connectivity index (χ2v) is 34.4. The molecule has 0 fully saturated rings. The van der Waals surface area contributed by atoms with Crippen LogP contribution in [0, 0.1) is 20.8 Å². The number of nitrogens with zero attached hydrogens (tertiary/aromatic N) is 18. The van der Waals surface area contributed by atoms with Crippen LogP contribution < -0.4 is 28.4 Å². The summed E-state index contributed by atoms with van der Waals surface area (Å²) in [5, 5.41) is 24.0. The zero-order valence-electron chi connectivity index (χ0n) is 66.6. The molecule has 0 radical (unpaired) electrons. The monoisotopic (exact) mass is 1760 g/mol. The van der Waals surface area contributed by atoms with Gasteiger partial charge in [0, 0.05) is 111 Å². The van der Waals surface area contributed by atoms with Crippen LogP contribution in [0.3, 0.4) is 0 Å². The average Bonchev–Trinajstić information content (AvgIpc) is 1.59. The van der Waals surface area contributed by atoms with Gasteiger partial charge in [-0.3, -0.25) is 28.7 Å². The maximum atomic E-state index is 13.8. The van der Waals surface area contributed by atoms with Gasteiger partial charge < -0.3 is 42.6 Å². The summed E-state index contributed by atoms with van der Waals surface area (Å²) < 4.78 is 139. The highest BCUT2D eigenvalue weighted by Gasteiger charge is 2.40. The quantitative estimate of drug-likeness (QED) is 0.0368. The number of halogens is 3. The standard InChI is InChI=1S/3C26H29ClN6O5S.3CH4/c3*1-6-38-24(25-29-13-19(27)14-30-25)17(3)39(34,35)15-22-31-32-26(18-10-16(2)11-28-12-18)33(22)23-20(36-4)8-7-9-21(23)37-5;;;/h3*7-14,17,24H,6,15H2,1-5H3;3*1H4/t2*17-,24+;17-,24-;;;/m101.../s1. The Labute approximate surface area is 714 Å². The topological polar surface area (TPSA) is 394 Å². The van der Waals surface area contributed by atoms with Gasteiger partial charge in [-0.2, -0.15) is 0 Å². The second kappa shape index (κ2) is 43.4. The predicted molar refractivity (Wildman–Crippen MR) is 458 cm³/mol. The molecule has 0 N–H and O–H groups in total. The van der Waals surface area contributed by atoms with Crippen molar-refractivity contribution in [1.82, 2.24) is 89.1 Å². The third-order valence-electron chi connectivity index (χ3n) is 18.2. The maximum absolute atomic E-state index is 13.8. The summed E-state index contributed by atoms with van der Waals surface area (Å²) in [7, 11) is -2.56. The molecule has 120 heavy (non-hydrogen) atoms. The molecule has 642 valence electrons. The van der Waals surface area contributed by atoms with E-state index in [4.69, 9.17) is 77.4 Å². The van der Waals surface area contributed by atoms with Crippen LogP contribution in [0.5, 0.6) is 34.5 Å². The molecular formula is C81H99Cl3N18O15S3. The highest BCUT2D eigenvalue weighted by molar-refractivity contribution is 7.91. The molecule has 39 heteroatoms. The highest BCUT2D eigenvalue weighted by Crippen LogP contribution is 2.42. The minimum atomic E-state index is -3.90. The summed E-state index contributed by atoms with van der Waals surface area (Å²) in [4.78, 5) is 38.0. The first-order valence-electron chi connectivity index (χ1n) is 36.2. The molecule has 0 aliphatic rings. The fourth-order valence-electron chi connectivity index (χ4n) is 12.4. The van der Waals surface area contributed by atoms with Gasteiger partial charge in [0.1, 0.15) is 87.1 Å². The fourth-order valence-corrected chi connectivity index (χ4v) is 16.8. The van der Waals surface area contributed by atoms with E-state index in [0.717, 1.165) is 16.7 Å². The van der Waals surface area contributed by atoms with E-state index in [0.29, 0.717) is 101 Å². The molecule has 9 aromatic heterocycles. The summed E-state index contributed by atoms with van der Waals surface area (Å²) >= 11 is 17.8. The Kier molecular flexibility index (Phi) is 34.8. The summed E-state index contributed by atoms with van der Waals surface area (Å²) in [6.45, 7) is 16.5. The van der Waals surface area contributed by atoms with Gasteiger partial charge in [-0.05, 0) is 134 Å². The molecule has 12 aromatic rings. The molecule has 0 unspecified atom stereocenters. The Hall–Kier alpha value is -10.8. The molecule has 0 amide bonds. The zero-order valence-corrected chi connectivity index (χ0v) is 71.3. The minimum Gasteiger partial charge on any atom is -0.494 e. The molecule has 3 aromatic carbocycles. The van der Waals surface area contributed by atoms with Crippen LogP contribution in [0.25, 0.3) is 51.2 Å². The lowest BCUT2D eigenvalue weighted by molar-refractivity contribution is 0.0555. The Morgan fingerprint density at radius 1 is 0.342 bits per heavy atom. The van der Waals surface area contributed by atoms with E-state index in [-0.39, 0.29) is 77.0 Å². The number of aromatic nitrogens is 18. The average molecular weight is 1770 g/mol. The number of methoxy groups -OCH3 is 6. The number of rotatable bonds is 33. The van der Waals surface area contributed by atoms with Crippen molar-refractivity contribution in [3.8, 4) is 85.7 Å². The Bertz CT molecular complexity index is 5120. The summed E-state index contributed by atoms with van der Waals surface area (Å²) in [5.74, 6) is 3.60. The molecule has 0 bridgehead atoms. The van der Waals surface area contributed by atoms with Gasteiger partial charge in [0.25, 0.3) is 0 Å². The van der Waals surface area contributed by atoms with Crippen molar-refractivity contribution >= 4 is 64.3 Å². The van der Waals surface area contributed by atoms with Crippen molar-refractivity contribution in [2.75, 3.05) is 62.5 Å². The first-order valence-corrected chi connectivity index (χ1v) is 42.5. The number of hydrogen-bond acceptors (Lipinski definition) is 30. The Balaban J connectivity index is 0.000000245. The third-order valence-corrected chi connectivity index (χ3v) is 24.9. The molecule has 0 spiro atoms. The number of aryl methyl sites for hydroxylation is 3. The van der Waals surface area contributed by atoms with Crippen molar-refractivity contribution in [3.63, 3.8) is 0 Å². The zero-order chi connectivity index (χ0) is 84.5. The van der Waals surface area contributed by atoms with Crippen LogP contribution in [0.1, 0.15) is 134 Å². The minimum absolute atomic E-state index is 0. The molecule has 0 aliphatic heterocycles. The molecule has 9 heterocycles. The van der Waals surface area contributed by atoms with Crippen molar-refractivity contribution in [2.24, 2.45) is 0 Å². The van der Waals surface area contributed by atoms with E-state index in [1.807, 2.05) is 39.0 Å². The van der Waals surface area contributed by atoms with Crippen LogP contribution >= 0.6 is 34.8 Å². The maximum Gasteiger partial charge on any atom is 0.170 e. The van der Waals surface area contributed by atoms with Gasteiger partial charge in [-0.1, -0.05) is 75.3 Å². The largest absolute Gasteiger partial charge is 0.494 e. The SMILES string of the molecule is C.C.C.CCO[C@@H](c1ncc(Cl)cn1)[C@@H](C)S(=O)(=O)Cc1nnc(-c2cncc(C)c2)n1-c1c(OC)cccc1OC.CCO[C@@H](c1ncc(Cl)cn1)[C@H](C)S(=O)(=O)Cc1nnc(-c2cncc(C)c2)n1-c1c(OC)cccc1OC.CCO[C@H](c1ncc(Cl)cn1)[C@@H](C)S(=O)(=O)Cc1nnc(-c2cncc(C)c2)n1-c1c(OC)cccc1OC. The molecule has 6 atom stereocenters. The van der Waals surface area contributed by atoms with Gasteiger partial charge in [0.2, 0.25) is 0 Å². The van der Waals surface area contributed by atoms with Crippen LogP contribution in [-0.2, 0) is 61.0 Å². The summed E-state index contributed by atoms with van der Waals surface area (Å²) in [5.41, 5.74) is 6.03. The van der Waals surface area contributed by atoms with Crippen LogP contribution in [-0.4, -0.2) is 193 Å². The summed E-state index contributed by atoms with van der Waals surface area (Å²) in [6, 6.07) is 21.5. The molecule has 0 saturated carbocycles. The van der Waals surface area contributed by atoms with E-state index < -0.39 is 80.8 Å². The highest BCUT2D eigenvalue weighted by atomic mass is 35.5. The van der Waals surface area contributed by atoms with E-state index in [1.165, 1.54) is 79.8 Å². The normalized spacial score (nSPS) is 12.8. The van der Waals surface area contributed by atoms with Crippen LogP contribution in [0.15, 0.2) is 147 Å². The predicted octanol–water partition coefficient (Wildman–Crippen LogP) is 14.4. The molecule has 33 nitrogen and oxygen atoms in total. The number of sulfone groups is 3. The van der Waals surface area contributed by atoms with Crippen molar-refractivity contribution < 1.29 is 67.9 Å². The van der Waals surface area contributed by atoms with Crippen molar-refractivity contribution in [1.29, 1.82) is 0 Å². The Morgan fingerprint density at radius 3 is 0.750 bits per heavy atom. The van der Waals surface area contributed by atoms with Gasteiger partial charge in [0.15, 0.2) is 81.9 Å². The lowest BCUT2D eigenvalue weighted by atomic mass is 10.2. The first-order chi connectivity index (χ1) is 56.1. The fraction of sp³-hybridized carbons (Fsp3) is 0.370. The van der Waals surface area contributed by atoms with E-state index in [1.54, 1.807) is 147 Å². The number of hydrogen-bond donors (Lipinski definition) is 0. The number of ether oxygens (including phenoxy) is 9. The van der Waals surface area contributed by atoms with Crippen molar-refractivity contribution in [2.45, 2.75) is 136 Å². The second-order valence-electron chi connectivity index (χ2n) is 26.1. The Morgan fingerprint density at radius 2 is 0.558 bits per heavy atom. The number of benzene rings is 3. The van der Waals surface area contributed by atoms with E-state index >= 15 is 0 Å².